The monoisotopic (exact) mass is 232 g/mol. The van der Waals surface area contributed by atoms with E-state index in [1.807, 2.05) is 0 Å². The average Bonchev–Trinajstić information content (AvgIpc) is 2.32. The summed E-state index contributed by atoms with van der Waals surface area (Å²) >= 11 is 0. The van der Waals surface area contributed by atoms with Crippen molar-refractivity contribution in [2.24, 2.45) is 0 Å². The van der Waals surface area contributed by atoms with Gasteiger partial charge in [0.2, 0.25) is 0 Å². The van der Waals surface area contributed by atoms with Crippen LogP contribution in [0.4, 0.5) is 10.2 Å². The SMILES string of the molecule is O=C(Nc1ccc(F)cn1)c1ccccc1O. The van der Waals surface area contributed by atoms with Crippen LogP contribution in [0.25, 0.3) is 0 Å². The molecule has 0 unspecified atom stereocenters. The number of phenols is 1. The van der Waals surface area contributed by atoms with Crippen LogP contribution in [0.15, 0.2) is 42.6 Å². The third-order valence-corrected chi connectivity index (χ3v) is 2.12. The highest BCUT2D eigenvalue weighted by Gasteiger charge is 2.10. The van der Waals surface area contributed by atoms with Crippen molar-refractivity contribution < 1.29 is 14.3 Å². The van der Waals surface area contributed by atoms with Crippen molar-refractivity contribution in [3.63, 3.8) is 0 Å². The van der Waals surface area contributed by atoms with Gasteiger partial charge in [0.15, 0.2) is 0 Å². The largest absolute Gasteiger partial charge is 0.507 e. The molecule has 5 heteroatoms. The summed E-state index contributed by atoms with van der Waals surface area (Å²) in [6, 6.07) is 8.66. The Labute approximate surface area is 96.7 Å². The van der Waals surface area contributed by atoms with Crippen molar-refractivity contribution in [1.29, 1.82) is 0 Å². The van der Waals surface area contributed by atoms with Gasteiger partial charge in [0.05, 0.1) is 11.8 Å². The van der Waals surface area contributed by atoms with E-state index in [1.54, 1.807) is 12.1 Å². The Morgan fingerprint density at radius 1 is 1.24 bits per heavy atom. The number of aromatic hydroxyl groups is 1. The van der Waals surface area contributed by atoms with E-state index in [-0.39, 0.29) is 17.1 Å². The number of hydrogen-bond acceptors (Lipinski definition) is 3. The third kappa shape index (κ3) is 2.57. The quantitative estimate of drug-likeness (QED) is 0.834. The Morgan fingerprint density at radius 3 is 2.65 bits per heavy atom. The van der Waals surface area contributed by atoms with Crippen LogP contribution in [0.3, 0.4) is 0 Å². The van der Waals surface area contributed by atoms with E-state index in [9.17, 15) is 14.3 Å². The highest BCUT2D eigenvalue weighted by atomic mass is 19.1. The molecule has 0 fully saturated rings. The molecule has 1 aromatic heterocycles. The van der Waals surface area contributed by atoms with Crippen molar-refractivity contribution in [2.75, 3.05) is 5.32 Å². The molecule has 0 aliphatic heterocycles. The van der Waals surface area contributed by atoms with Gasteiger partial charge in [-0.1, -0.05) is 12.1 Å². The topological polar surface area (TPSA) is 62.2 Å². The first-order chi connectivity index (χ1) is 8.16. The lowest BCUT2D eigenvalue weighted by Gasteiger charge is -2.05. The van der Waals surface area contributed by atoms with Crippen LogP contribution in [-0.2, 0) is 0 Å². The number of rotatable bonds is 2. The molecule has 17 heavy (non-hydrogen) atoms. The standard InChI is InChI=1S/C12H9FN2O2/c13-8-5-6-11(14-7-8)15-12(17)9-3-1-2-4-10(9)16/h1-7,16H,(H,14,15,17). The molecule has 1 amide bonds. The van der Waals surface area contributed by atoms with Crippen molar-refractivity contribution in [3.05, 3.63) is 54.0 Å². The highest BCUT2D eigenvalue weighted by Crippen LogP contribution is 2.16. The van der Waals surface area contributed by atoms with E-state index in [4.69, 9.17) is 0 Å². The van der Waals surface area contributed by atoms with Gasteiger partial charge in [-0.3, -0.25) is 4.79 Å². The van der Waals surface area contributed by atoms with E-state index >= 15 is 0 Å². The zero-order valence-corrected chi connectivity index (χ0v) is 8.72. The molecule has 0 spiro atoms. The minimum absolute atomic E-state index is 0.118. The highest BCUT2D eigenvalue weighted by molar-refractivity contribution is 6.05. The third-order valence-electron chi connectivity index (χ3n) is 2.12. The van der Waals surface area contributed by atoms with Gasteiger partial charge in [-0.2, -0.15) is 0 Å². The fraction of sp³-hybridized carbons (Fsp3) is 0. The molecule has 2 N–H and O–H groups in total. The zero-order chi connectivity index (χ0) is 12.3. The van der Waals surface area contributed by atoms with Gasteiger partial charge < -0.3 is 10.4 Å². The van der Waals surface area contributed by atoms with Crippen LogP contribution in [0.1, 0.15) is 10.4 Å². The Balaban J connectivity index is 2.17. The first kappa shape index (κ1) is 11.1. The summed E-state index contributed by atoms with van der Waals surface area (Å²) in [4.78, 5) is 15.4. The van der Waals surface area contributed by atoms with Crippen LogP contribution in [0, 0.1) is 5.82 Å². The molecular weight excluding hydrogens is 223 g/mol. The van der Waals surface area contributed by atoms with Crippen molar-refractivity contribution in [2.45, 2.75) is 0 Å². The summed E-state index contributed by atoms with van der Waals surface area (Å²) in [6.45, 7) is 0. The maximum Gasteiger partial charge on any atom is 0.260 e. The number of phenolic OH excluding ortho intramolecular Hbond substituents is 1. The molecule has 0 bridgehead atoms. The molecule has 2 rings (SSSR count). The zero-order valence-electron chi connectivity index (χ0n) is 8.72. The van der Waals surface area contributed by atoms with E-state index in [0.717, 1.165) is 6.20 Å². The molecule has 0 aliphatic rings. The molecule has 0 saturated heterocycles. The summed E-state index contributed by atoms with van der Waals surface area (Å²) in [5.41, 5.74) is 0.138. The van der Waals surface area contributed by atoms with Gasteiger partial charge in [-0.15, -0.1) is 0 Å². The van der Waals surface area contributed by atoms with Crippen molar-refractivity contribution in [3.8, 4) is 5.75 Å². The lowest BCUT2D eigenvalue weighted by atomic mass is 10.2. The van der Waals surface area contributed by atoms with E-state index in [1.165, 1.54) is 24.3 Å². The Bertz CT molecular complexity index is 540. The first-order valence-corrected chi connectivity index (χ1v) is 4.88. The van der Waals surface area contributed by atoms with Gasteiger partial charge in [0.1, 0.15) is 17.4 Å². The van der Waals surface area contributed by atoms with Gasteiger partial charge in [-0.25, -0.2) is 9.37 Å². The maximum atomic E-state index is 12.6. The number of amides is 1. The number of nitrogens with zero attached hydrogens (tertiary/aromatic N) is 1. The van der Waals surface area contributed by atoms with Crippen molar-refractivity contribution in [1.82, 2.24) is 4.98 Å². The van der Waals surface area contributed by atoms with Gasteiger partial charge in [0, 0.05) is 0 Å². The Hall–Kier alpha value is -2.43. The number of pyridine rings is 1. The molecule has 4 nitrogen and oxygen atoms in total. The van der Waals surface area contributed by atoms with Crippen LogP contribution in [0.5, 0.6) is 5.75 Å². The number of halogens is 1. The summed E-state index contributed by atoms with van der Waals surface area (Å²) in [6.07, 6.45) is 1.00. The molecule has 0 saturated carbocycles. The summed E-state index contributed by atoms with van der Waals surface area (Å²) < 4.78 is 12.6. The van der Waals surface area contributed by atoms with Crippen molar-refractivity contribution >= 4 is 11.7 Å². The predicted octanol–water partition coefficient (Wildman–Crippen LogP) is 2.18. The number of hydrogen-bond donors (Lipinski definition) is 2. The minimum atomic E-state index is -0.498. The fourth-order valence-electron chi connectivity index (χ4n) is 1.30. The smallest absolute Gasteiger partial charge is 0.260 e. The second kappa shape index (κ2) is 4.61. The lowest BCUT2D eigenvalue weighted by molar-refractivity contribution is 0.102. The first-order valence-electron chi connectivity index (χ1n) is 4.88. The van der Waals surface area contributed by atoms with Gasteiger partial charge in [0.25, 0.3) is 5.91 Å². The minimum Gasteiger partial charge on any atom is -0.507 e. The second-order valence-corrected chi connectivity index (χ2v) is 3.33. The van der Waals surface area contributed by atoms with Crippen LogP contribution < -0.4 is 5.32 Å². The van der Waals surface area contributed by atoms with Crippen LogP contribution >= 0.6 is 0 Å². The number of nitrogens with one attached hydrogen (secondary N) is 1. The molecule has 86 valence electrons. The number of carbonyl (C=O) groups excluding carboxylic acids is 1. The predicted molar refractivity (Wildman–Crippen MR) is 60.3 cm³/mol. The summed E-state index contributed by atoms with van der Waals surface area (Å²) in [5.74, 6) is -0.875. The Morgan fingerprint density at radius 2 is 2.00 bits per heavy atom. The number of carbonyl (C=O) groups is 1. The molecular formula is C12H9FN2O2. The number of para-hydroxylation sites is 1. The fourth-order valence-corrected chi connectivity index (χ4v) is 1.30. The maximum absolute atomic E-state index is 12.6. The van der Waals surface area contributed by atoms with Crippen LogP contribution in [0.2, 0.25) is 0 Å². The molecule has 1 aromatic carbocycles. The van der Waals surface area contributed by atoms with E-state index in [0.29, 0.717) is 0 Å². The summed E-state index contributed by atoms with van der Waals surface area (Å²) in [7, 11) is 0. The number of benzene rings is 1. The number of anilines is 1. The van der Waals surface area contributed by atoms with Crippen LogP contribution in [-0.4, -0.2) is 16.0 Å². The Kier molecular flexibility index (Phi) is 3.00. The molecule has 0 aliphatic carbocycles. The normalized spacial score (nSPS) is 9.94. The number of aromatic nitrogens is 1. The lowest BCUT2D eigenvalue weighted by Crippen LogP contribution is -2.12. The van der Waals surface area contributed by atoms with Gasteiger partial charge in [-0.05, 0) is 24.3 Å². The molecule has 1 heterocycles. The molecule has 2 aromatic rings. The second-order valence-electron chi connectivity index (χ2n) is 3.33. The molecule has 0 radical (unpaired) electrons. The van der Waals surface area contributed by atoms with E-state index in [2.05, 4.69) is 10.3 Å². The average molecular weight is 232 g/mol. The van der Waals surface area contributed by atoms with Gasteiger partial charge >= 0.3 is 0 Å². The summed E-state index contributed by atoms with van der Waals surface area (Å²) in [5, 5.41) is 11.9. The molecule has 0 atom stereocenters. The van der Waals surface area contributed by atoms with E-state index < -0.39 is 11.7 Å².